The third-order valence-electron chi connectivity index (χ3n) is 2.53. The summed E-state index contributed by atoms with van der Waals surface area (Å²) in [5.41, 5.74) is 5.44. The van der Waals surface area contributed by atoms with Crippen LogP contribution < -0.4 is 5.73 Å². The van der Waals surface area contributed by atoms with Crippen LogP contribution in [-0.2, 0) is 10.0 Å². The van der Waals surface area contributed by atoms with Gasteiger partial charge in [0.2, 0.25) is 10.0 Å². The number of hydrogen-bond acceptors (Lipinski definition) is 4. The van der Waals surface area contributed by atoms with Crippen molar-refractivity contribution in [1.29, 1.82) is 0 Å². The molecule has 1 aliphatic heterocycles. The predicted octanol–water partition coefficient (Wildman–Crippen LogP) is -0.339. The zero-order valence-electron chi connectivity index (χ0n) is 8.20. The van der Waals surface area contributed by atoms with Crippen LogP contribution in [0.3, 0.4) is 0 Å². The summed E-state index contributed by atoms with van der Waals surface area (Å²) in [7, 11) is -3.33. The molecule has 0 amide bonds. The van der Waals surface area contributed by atoms with Crippen LogP contribution in [0.2, 0.25) is 0 Å². The quantitative estimate of drug-likeness (QED) is 0.766. The van der Waals surface area contributed by atoms with Crippen molar-refractivity contribution in [2.45, 2.75) is 4.90 Å². The fraction of sp³-hybridized carbons (Fsp3) is 0.444. The lowest BCUT2D eigenvalue weighted by Crippen LogP contribution is -2.52. The molecule has 15 heavy (non-hydrogen) atoms. The highest BCUT2D eigenvalue weighted by Crippen LogP contribution is 2.23. The Kier molecular flexibility index (Phi) is 2.72. The van der Waals surface area contributed by atoms with E-state index in [2.05, 4.69) is 4.98 Å². The van der Waals surface area contributed by atoms with Gasteiger partial charge in [-0.15, -0.1) is 0 Å². The Morgan fingerprint density at radius 2 is 2.27 bits per heavy atom. The van der Waals surface area contributed by atoms with E-state index < -0.39 is 10.0 Å². The maximum Gasteiger partial charge on any atom is 0.244 e. The first kappa shape index (κ1) is 10.5. The summed E-state index contributed by atoms with van der Waals surface area (Å²) in [4.78, 5) is 4.05. The third kappa shape index (κ3) is 1.88. The molecule has 2 heterocycles. The number of nitrogens with two attached hydrogens (primary N) is 1. The molecule has 0 unspecified atom stereocenters. The van der Waals surface area contributed by atoms with Crippen LogP contribution in [0.1, 0.15) is 0 Å². The Bertz CT molecular complexity index is 426. The number of aromatic nitrogens is 1. The van der Waals surface area contributed by atoms with Crippen molar-refractivity contribution in [3.8, 4) is 0 Å². The molecule has 1 aliphatic rings. The minimum Gasteiger partial charge on any atom is -0.330 e. The van der Waals surface area contributed by atoms with Crippen LogP contribution in [0.15, 0.2) is 29.4 Å². The van der Waals surface area contributed by atoms with Gasteiger partial charge in [0, 0.05) is 25.5 Å². The van der Waals surface area contributed by atoms with Crippen molar-refractivity contribution in [2.75, 3.05) is 19.6 Å². The molecule has 0 spiro atoms. The van der Waals surface area contributed by atoms with Crippen LogP contribution >= 0.6 is 0 Å². The summed E-state index contributed by atoms with van der Waals surface area (Å²) in [6.07, 6.45) is 2.92. The maximum absolute atomic E-state index is 11.9. The molecule has 0 atom stereocenters. The molecule has 6 heteroatoms. The molecule has 0 aliphatic carbocycles. The summed E-state index contributed by atoms with van der Waals surface area (Å²) in [5, 5.41) is 0. The molecule has 1 saturated heterocycles. The van der Waals surface area contributed by atoms with Gasteiger partial charge in [0.15, 0.2) is 0 Å². The van der Waals surface area contributed by atoms with E-state index in [-0.39, 0.29) is 4.90 Å². The zero-order valence-corrected chi connectivity index (χ0v) is 9.02. The first-order chi connectivity index (χ1) is 7.14. The van der Waals surface area contributed by atoms with E-state index >= 15 is 0 Å². The largest absolute Gasteiger partial charge is 0.330 e. The van der Waals surface area contributed by atoms with Crippen molar-refractivity contribution in [3.63, 3.8) is 0 Å². The Morgan fingerprint density at radius 1 is 1.53 bits per heavy atom. The van der Waals surface area contributed by atoms with Gasteiger partial charge in [-0.3, -0.25) is 4.98 Å². The van der Waals surface area contributed by atoms with E-state index in [1.165, 1.54) is 10.5 Å². The van der Waals surface area contributed by atoms with E-state index in [4.69, 9.17) is 5.73 Å². The predicted molar refractivity (Wildman–Crippen MR) is 55.5 cm³/mol. The van der Waals surface area contributed by atoms with Gasteiger partial charge < -0.3 is 5.73 Å². The highest BCUT2D eigenvalue weighted by molar-refractivity contribution is 7.89. The summed E-state index contributed by atoms with van der Waals surface area (Å²) in [6, 6.07) is 3.17. The van der Waals surface area contributed by atoms with E-state index in [0.717, 1.165) is 0 Å². The number of hydrogen-bond donors (Lipinski definition) is 1. The lowest BCUT2D eigenvalue weighted by molar-refractivity contribution is 0.207. The molecule has 5 nitrogen and oxygen atoms in total. The zero-order chi connectivity index (χ0) is 10.9. The Balaban J connectivity index is 2.16. The van der Waals surface area contributed by atoms with E-state index in [1.54, 1.807) is 18.3 Å². The van der Waals surface area contributed by atoms with Crippen LogP contribution in [0.25, 0.3) is 0 Å². The first-order valence-electron chi connectivity index (χ1n) is 4.75. The average molecular weight is 227 g/mol. The van der Waals surface area contributed by atoms with E-state index in [9.17, 15) is 8.42 Å². The van der Waals surface area contributed by atoms with Gasteiger partial charge in [0.25, 0.3) is 0 Å². The molecule has 0 radical (unpaired) electrons. The Hall–Kier alpha value is -0.980. The third-order valence-corrected chi connectivity index (χ3v) is 4.34. The van der Waals surface area contributed by atoms with Crippen molar-refractivity contribution in [2.24, 2.45) is 11.7 Å². The molecular weight excluding hydrogens is 214 g/mol. The highest BCUT2D eigenvalue weighted by atomic mass is 32.2. The van der Waals surface area contributed by atoms with Gasteiger partial charge in [-0.2, -0.15) is 4.31 Å². The highest BCUT2D eigenvalue weighted by Gasteiger charge is 2.35. The second kappa shape index (κ2) is 3.88. The van der Waals surface area contributed by atoms with Crippen molar-refractivity contribution in [3.05, 3.63) is 24.5 Å². The fourth-order valence-electron chi connectivity index (χ4n) is 1.52. The van der Waals surface area contributed by atoms with E-state index in [1.807, 2.05) is 0 Å². The van der Waals surface area contributed by atoms with Crippen LogP contribution in [0.4, 0.5) is 0 Å². The van der Waals surface area contributed by atoms with Gasteiger partial charge in [-0.25, -0.2) is 8.42 Å². The molecule has 0 saturated carbocycles. The molecule has 0 bridgehead atoms. The molecule has 0 aromatic carbocycles. The Morgan fingerprint density at radius 3 is 2.80 bits per heavy atom. The SMILES string of the molecule is NCC1CN(S(=O)(=O)c2cccnc2)C1. The maximum atomic E-state index is 11.9. The van der Waals surface area contributed by atoms with Gasteiger partial charge in [-0.1, -0.05) is 0 Å². The number of rotatable bonds is 3. The molecular formula is C9H13N3O2S. The second-order valence-electron chi connectivity index (χ2n) is 3.61. The molecule has 1 fully saturated rings. The van der Waals surface area contributed by atoms with Crippen molar-refractivity contribution in [1.82, 2.24) is 9.29 Å². The minimum absolute atomic E-state index is 0.250. The second-order valence-corrected chi connectivity index (χ2v) is 5.55. The summed E-state index contributed by atoms with van der Waals surface area (Å²) < 4.78 is 25.3. The first-order valence-corrected chi connectivity index (χ1v) is 6.19. The Labute approximate surface area is 89.0 Å². The standard InChI is InChI=1S/C9H13N3O2S/c10-4-8-6-12(7-8)15(13,14)9-2-1-3-11-5-9/h1-3,5,8H,4,6-7,10H2. The van der Waals surface area contributed by atoms with Crippen LogP contribution in [0.5, 0.6) is 0 Å². The summed E-state index contributed by atoms with van der Waals surface area (Å²) in [6.45, 7) is 1.58. The van der Waals surface area contributed by atoms with Gasteiger partial charge in [-0.05, 0) is 24.6 Å². The molecule has 1 aromatic rings. The molecule has 2 N–H and O–H groups in total. The number of pyridine rings is 1. The van der Waals surface area contributed by atoms with Gasteiger partial charge >= 0.3 is 0 Å². The van der Waals surface area contributed by atoms with Crippen LogP contribution in [0, 0.1) is 5.92 Å². The topological polar surface area (TPSA) is 76.3 Å². The molecule has 82 valence electrons. The van der Waals surface area contributed by atoms with Crippen LogP contribution in [-0.4, -0.2) is 37.3 Å². The summed E-state index contributed by atoms with van der Waals surface area (Å²) >= 11 is 0. The van der Waals surface area contributed by atoms with E-state index in [0.29, 0.717) is 25.6 Å². The average Bonchev–Trinajstić information content (AvgIpc) is 2.17. The molecule has 1 aromatic heterocycles. The molecule has 2 rings (SSSR count). The van der Waals surface area contributed by atoms with Crippen molar-refractivity contribution >= 4 is 10.0 Å². The van der Waals surface area contributed by atoms with Gasteiger partial charge in [0.1, 0.15) is 4.90 Å². The lowest BCUT2D eigenvalue weighted by atomic mass is 10.0. The summed E-state index contributed by atoms with van der Waals surface area (Å²) in [5.74, 6) is 0.302. The number of nitrogens with zero attached hydrogens (tertiary/aromatic N) is 2. The van der Waals surface area contributed by atoms with Gasteiger partial charge in [0.05, 0.1) is 0 Å². The smallest absolute Gasteiger partial charge is 0.244 e. The minimum atomic E-state index is -3.33. The van der Waals surface area contributed by atoms with Crippen molar-refractivity contribution < 1.29 is 8.42 Å². The lowest BCUT2D eigenvalue weighted by Gasteiger charge is -2.37. The monoisotopic (exact) mass is 227 g/mol. The number of sulfonamides is 1. The normalized spacial score (nSPS) is 18.7. The fourth-order valence-corrected chi connectivity index (χ4v) is 3.07.